The van der Waals surface area contributed by atoms with Crippen LogP contribution in [0.3, 0.4) is 0 Å². The molecule has 1 unspecified atom stereocenters. The molecule has 0 heterocycles. The largest absolute Gasteiger partial charge is 0.479 e. The van der Waals surface area contributed by atoms with Crippen LogP contribution in [0.2, 0.25) is 0 Å². The van der Waals surface area contributed by atoms with Crippen molar-refractivity contribution in [2.45, 2.75) is 12.5 Å². The Morgan fingerprint density at radius 2 is 1.57 bits per heavy atom. The first-order valence-corrected chi connectivity index (χ1v) is 5.89. The number of methoxy groups -OCH3 is 2. The lowest BCUT2D eigenvalue weighted by Crippen LogP contribution is -2.46. The van der Waals surface area contributed by atoms with Gasteiger partial charge in [0.05, 0.1) is 14.2 Å². The molecule has 0 rings (SSSR count). The van der Waals surface area contributed by atoms with E-state index in [1.165, 1.54) is 0 Å². The summed E-state index contributed by atoms with van der Waals surface area (Å²) in [6, 6.07) is -0.789. The highest BCUT2D eigenvalue weighted by Crippen LogP contribution is 1.95. The molecule has 0 bridgehead atoms. The molecule has 10 heteroatoms. The third-order valence-corrected chi connectivity index (χ3v) is 2.36. The van der Waals surface area contributed by atoms with E-state index in [1.54, 1.807) is 0 Å². The summed E-state index contributed by atoms with van der Waals surface area (Å²) in [5, 5.41) is 19.8. The number of hydrogen-bond acceptors (Lipinski definition) is 7. The average molecular weight is 306 g/mol. The van der Waals surface area contributed by atoms with Gasteiger partial charge in [-0.05, 0) is 0 Å². The Morgan fingerprint density at radius 1 is 1.10 bits per heavy atom. The quantitative estimate of drug-likeness (QED) is 0.445. The number of carboxylic acids is 1. The van der Waals surface area contributed by atoms with Crippen LogP contribution in [0.4, 0.5) is 4.79 Å². The van der Waals surface area contributed by atoms with Gasteiger partial charge >= 0.3 is 23.9 Å². The van der Waals surface area contributed by atoms with Crippen molar-refractivity contribution in [1.82, 2.24) is 10.2 Å². The van der Waals surface area contributed by atoms with Crippen molar-refractivity contribution >= 4 is 23.9 Å². The number of carboxylic acid groups (broad SMARTS) is 1. The summed E-state index contributed by atoms with van der Waals surface area (Å²) in [6.07, 6.45) is -1.83. The lowest BCUT2D eigenvalue weighted by atomic mass is 10.2. The maximum Gasteiger partial charge on any atom is 0.332 e. The molecule has 10 nitrogen and oxygen atoms in total. The Hall–Kier alpha value is -2.36. The normalized spacial score (nSPS) is 11.2. The third-order valence-electron chi connectivity index (χ3n) is 2.36. The first-order chi connectivity index (χ1) is 9.81. The minimum Gasteiger partial charge on any atom is -0.479 e. The second-order valence-electron chi connectivity index (χ2n) is 3.88. The summed E-state index contributed by atoms with van der Waals surface area (Å²) >= 11 is 0. The van der Waals surface area contributed by atoms with Crippen LogP contribution in [-0.2, 0) is 23.9 Å². The number of nitrogens with one attached hydrogen (secondary N) is 1. The number of aliphatic hydroxyl groups is 1. The van der Waals surface area contributed by atoms with E-state index >= 15 is 0 Å². The van der Waals surface area contributed by atoms with Crippen LogP contribution in [0, 0.1) is 0 Å². The zero-order valence-corrected chi connectivity index (χ0v) is 11.7. The lowest BCUT2D eigenvalue weighted by Gasteiger charge is -2.20. The molecule has 21 heavy (non-hydrogen) atoms. The van der Waals surface area contributed by atoms with E-state index in [4.69, 9.17) is 10.2 Å². The molecule has 2 amide bonds. The smallest absolute Gasteiger partial charge is 0.332 e. The summed E-state index contributed by atoms with van der Waals surface area (Å²) in [4.78, 5) is 45.3. The highest BCUT2D eigenvalue weighted by Gasteiger charge is 2.21. The van der Waals surface area contributed by atoms with Gasteiger partial charge in [-0.2, -0.15) is 0 Å². The van der Waals surface area contributed by atoms with Gasteiger partial charge in [0.25, 0.3) is 0 Å². The second-order valence-corrected chi connectivity index (χ2v) is 3.88. The van der Waals surface area contributed by atoms with E-state index in [0.717, 1.165) is 19.1 Å². The Bertz CT molecular complexity index is 380. The van der Waals surface area contributed by atoms with Crippen molar-refractivity contribution < 1.29 is 38.9 Å². The molecule has 0 fully saturated rings. The number of carbonyl (C=O) groups excluding carboxylic acids is 3. The van der Waals surface area contributed by atoms with E-state index in [-0.39, 0.29) is 13.0 Å². The second kappa shape index (κ2) is 9.53. The van der Waals surface area contributed by atoms with Gasteiger partial charge in [0, 0.05) is 13.0 Å². The number of ether oxygens (including phenoxy) is 2. The molecule has 0 aromatic carbocycles. The number of urea groups is 1. The molecular weight excluding hydrogens is 288 g/mol. The number of amides is 2. The van der Waals surface area contributed by atoms with E-state index in [1.807, 2.05) is 0 Å². The first kappa shape index (κ1) is 18.6. The van der Waals surface area contributed by atoms with E-state index in [9.17, 15) is 19.2 Å². The van der Waals surface area contributed by atoms with Crippen LogP contribution in [0.5, 0.6) is 0 Å². The van der Waals surface area contributed by atoms with Gasteiger partial charge < -0.3 is 29.9 Å². The van der Waals surface area contributed by atoms with Crippen LogP contribution in [0.1, 0.15) is 6.42 Å². The molecular formula is C11H18N2O8. The molecule has 0 aromatic rings. The van der Waals surface area contributed by atoms with Gasteiger partial charge in [0.15, 0.2) is 6.10 Å². The molecule has 0 aliphatic heterocycles. The Morgan fingerprint density at radius 3 is 1.95 bits per heavy atom. The topological polar surface area (TPSA) is 142 Å². The van der Waals surface area contributed by atoms with Gasteiger partial charge in [0.2, 0.25) is 0 Å². The number of aliphatic carboxylic acids is 1. The van der Waals surface area contributed by atoms with Crippen molar-refractivity contribution in [3.05, 3.63) is 0 Å². The molecule has 1 atom stereocenters. The van der Waals surface area contributed by atoms with Crippen LogP contribution in [-0.4, -0.2) is 79.0 Å². The SMILES string of the molecule is COC(=O)CN(CC(=O)OC)C(=O)NCCC(O)C(=O)O. The van der Waals surface area contributed by atoms with Crippen molar-refractivity contribution in [2.24, 2.45) is 0 Å². The number of rotatable bonds is 8. The van der Waals surface area contributed by atoms with Gasteiger partial charge in [-0.3, -0.25) is 9.59 Å². The summed E-state index contributed by atoms with van der Waals surface area (Å²) in [5.41, 5.74) is 0. The van der Waals surface area contributed by atoms with Crippen molar-refractivity contribution in [2.75, 3.05) is 33.9 Å². The number of carbonyl (C=O) groups is 4. The van der Waals surface area contributed by atoms with Crippen LogP contribution >= 0.6 is 0 Å². The minimum absolute atomic E-state index is 0.148. The standard InChI is InChI=1S/C11H18N2O8/c1-20-8(15)5-13(6-9(16)21-2)11(19)12-4-3-7(14)10(17)18/h7,14H,3-6H2,1-2H3,(H,12,19)(H,17,18). The van der Waals surface area contributed by atoms with E-state index in [0.29, 0.717) is 0 Å². The summed E-state index contributed by atoms with van der Waals surface area (Å²) < 4.78 is 8.78. The molecule has 120 valence electrons. The fourth-order valence-corrected chi connectivity index (χ4v) is 1.19. The molecule has 0 radical (unpaired) electrons. The van der Waals surface area contributed by atoms with E-state index < -0.39 is 43.1 Å². The number of aliphatic hydroxyl groups excluding tert-OH is 1. The molecule has 0 saturated heterocycles. The summed E-state index contributed by atoms with van der Waals surface area (Å²) in [7, 11) is 2.25. The van der Waals surface area contributed by atoms with Crippen LogP contribution in [0.25, 0.3) is 0 Å². The van der Waals surface area contributed by atoms with Crippen molar-refractivity contribution in [3.8, 4) is 0 Å². The molecule has 3 N–H and O–H groups in total. The number of nitrogens with zero attached hydrogens (tertiary/aromatic N) is 1. The predicted octanol–water partition coefficient (Wildman–Crippen LogP) is -1.82. The highest BCUT2D eigenvalue weighted by atomic mass is 16.5. The van der Waals surface area contributed by atoms with E-state index in [2.05, 4.69) is 14.8 Å². The predicted molar refractivity (Wildman–Crippen MR) is 67.3 cm³/mol. The molecule has 0 spiro atoms. The van der Waals surface area contributed by atoms with Gasteiger partial charge in [-0.25, -0.2) is 9.59 Å². The zero-order valence-electron chi connectivity index (χ0n) is 11.7. The van der Waals surface area contributed by atoms with Crippen molar-refractivity contribution in [1.29, 1.82) is 0 Å². The third kappa shape index (κ3) is 7.72. The van der Waals surface area contributed by atoms with Crippen LogP contribution < -0.4 is 5.32 Å². The number of hydrogen-bond donors (Lipinski definition) is 3. The molecule has 0 aromatic heterocycles. The Labute approximate surface area is 120 Å². The van der Waals surface area contributed by atoms with Gasteiger partial charge in [-0.1, -0.05) is 0 Å². The summed E-state index contributed by atoms with van der Waals surface area (Å²) in [5.74, 6) is -2.88. The molecule has 0 aliphatic rings. The Kier molecular flexibility index (Phi) is 8.46. The van der Waals surface area contributed by atoms with Gasteiger partial charge in [0.1, 0.15) is 13.1 Å². The maximum absolute atomic E-state index is 11.8. The number of esters is 2. The fourth-order valence-electron chi connectivity index (χ4n) is 1.19. The molecule has 0 aliphatic carbocycles. The highest BCUT2D eigenvalue weighted by molar-refractivity contribution is 5.85. The lowest BCUT2D eigenvalue weighted by molar-refractivity contribution is -0.147. The minimum atomic E-state index is -1.61. The first-order valence-electron chi connectivity index (χ1n) is 5.89. The maximum atomic E-state index is 11.8. The summed E-state index contributed by atoms with van der Waals surface area (Å²) in [6.45, 7) is -1.09. The van der Waals surface area contributed by atoms with Gasteiger partial charge in [-0.15, -0.1) is 0 Å². The average Bonchev–Trinajstić information content (AvgIpc) is 2.45. The van der Waals surface area contributed by atoms with Crippen molar-refractivity contribution in [3.63, 3.8) is 0 Å². The van der Waals surface area contributed by atoms with Crippen LogP contribution in [0.15, 0.2) is 0 Å². The molecule has 0 saturated carbocycles. The fraction of sp³-hybridized carbons (Fsp3) is 0.636. The zero-order chi connectivity index (χ0) is 16.4. The Balaban J connectivity index is 4.46. The monoisotopic (exact) mass is 306 g/mol.